The molecule has 0 bridgehead atoms. The van der Waals surface area contributed by atoms with Crippen LogP contribution in [0.25, 0.3) is 11.8 Å². The van der Waals surface area contributed by atoms with E-state index in [4.69, 9.17) is 11.6 Å². The van der Waals surface area contributed by atoms with Crippen LogP contribution in [-0.4, -0.2) is 15.1 Å². The number of ketones is 1. The van der Waals surface area contributed by atoms with Crippen LogP contribution in [0.15, 0.2) is 58.9 Å². The number of carbonyl (C=O) groups is 1. The van der Waals surface area contributed by atoms with Crippen LogP contribution < -0.4 is 5.56 Å². The van der Waals surface area contributed by atoms with Crippen molar-refractivity contribution in [1.29, 1.82) is 0 Å². The highest BCUT2D eigenvalue weighted by molar-refractivity contribution is 6.31. The van der Waals surface area contributed by atoms with Gasteiger partial charge in [0.1, 0.15) is 0 Å². The number of para-hydroxylation sites is 1. The van der Waals surface area contributed by atoms with E-state index in [1.165, 1.54) is 0 Å². The summed E-state index contributed by atoms with van der Waals surface area (Å²) >= 11 is 6.01. The van der Waals surface area contributed by atoms with Gasteiger partial charge in [-0.2, -0.15) is 0 Å². The van der Waals surface area contributed by atoms with Gasteiger partial charge in [-0.3, -0.25) is 14.3 Å². The molecule has 0 amide bonds. The highest BCUT2D eigenvalue weighted by Crippen LogP contribution is 2.30. The van der Waals surface area contributed by atoms with Crippen molar-refractivity contribution in [1.82, 2.24) is 9.36 Å². The van der Waals surface area contributed by atoms with Gasteiger partial charge < -0.3 is 0 Å². The van der Waals surface area contributed by atoms with Crippen LogP contribution in [-0.2, 0) is 13.5 Å². The lowest BCUT2D eigenvalue weighted by Crippen LogP contribution is -2.20. The number of benzene rings is 2. The molecule has 0 saturated carbocycles. The van der Waals surface area contributed by atoms with E-state index in [0.717, 1.165) is 16.9 Å². The molecule has 0 fully saturated rings. The Kier molecular flexibility index (Phi) is 3.93. The van der Waals surface area contributed by atoms with Crippen molar-refractivity contribution < 1.29 is 4.79 Å². The van der Waals surface area contributed by atoms with Crippen molar-refractivity contribution in [2.24, 2.45) is 7.05 Å². The Morgan fingerprint density at radius 2 is 1.81 bits per heavy atom. The number of Topliss-reactive ketones (excluding diaryl/α,β-unsaturated/α-hetero) is 1. The molecule has 1 aliphatic carbocycles. The van der Waals surface area contributed by atoms with E-state index >= 15 is 0 Å². The molecule has 4 rings (SSSR count). The van der Waals surface area contributed by atoms with Gasteiger partial charge in [-0.25, -0.2) is 4.68 Å². The molecule has 130 valence electrons. The van der Waals surface area contributed by atoms with Gasteiger partial charge in [-0.1, -0.05) is 35.9 Å². The lowest BCUT2D eigenvalue weighted by molar-refractivity contribution is 0.104. The first-order valence-electron chi connectivity index (χ1n) is 8.35. The van der Waals surface area contributed by atoms with E-state index in [-0.39, 0.29) is 11.3 Å². The summed E-state index contributed by atoms with van der Waals surface area (Å²) in [7, 11) is 1.84. The summed E-state index contributed by atoms with van der Waals surface area (Å²) in [5, 5.41) is 0.542. The minimum atomic E-state index is -0.134. The second-order valence-corrected chi connectivity index (χ2v) is 6.89. The van der Waals surface area contributed by atoms with E-state index in [1.54, 1.807) is 22.9 Å². The van der Waals surface area contributed by atoms with Gasteiger partial charge in [-0.15, -0.1) is 0 Å². The Morgan fingerprint density at radius 1 is 1.08 bits per heavy atom. The lowest BCUT2D eigenvalue weighted by Gasteiger charge is -2.07. The molecular weight excluding hydrogens is 348 g/mol. The van der Waals surface area contributed by atoms with Crippen molar-refractivity contribution in [3.8, 4) is 5.69 Å². The van der Waals surface area contributed by atoms with Gasteiger partial charge in [0.25, 0.3) is 5.56 Å². The quantitative estimate of drug-likeness (QED) is 0.646. The largest absolute Gasteiger partial charge is 0.289 e. The van der Waals surface area contributed by atoms with Crippen LogP contribution in [0.4, 0.5) is 0 Å². The van der Waals surface area contributed by atoms with Crippen LogP contribution in [0.2, 0.25) is 5.02 Å². The Labute approximate surface area is 155 Å². The molecule has 26 heavy (non-hydrogen) atoms. The fourth-order valence-corrected chi connectivity index (χ4v) is 3.59. The number of hydrogen-bond acceptors (Lipinski definition) is 2. The molecule has 2 aromatic carbocycles. The highest BCUT2D eigenvalue weighted by atomic mass is 35.5. The van der Waals surface area contributed by atoms with Gasteiger partial charge in [0.05, 0.1) is 11.3 Å². The fourth-order valence-electron chi connectivity index (χ4n) is 3.42. The Bertz CT molecular complexity index is 1120. The molecule has 1 heterocycles. The van der Waals surface area contributed by atoms with Crippen LogP contribution in [0.5, 0.6) is 0 Å². The SMILES string of the molecule is Cc1c(/C=C2\Cc3ccc(Cl)cc3C2=O)c(=O)n(-c2ccccc2)n1C. The molecular formula is C21H17ClN2O2. The second kappa shape index (κ2) is 6.15. The molecule has 0 unspecified atom stereocenters. The van der Waals surface area contributed by atoms with E-state index in [9.17, 15) is 9.59 Å². The zero-order valence-corrected chi connectivity index (χ0v) is 15.2. The molecule has 0 radical (unpaired) electrons. The minimum Gasteiger partial charge on any atom is -0.289 e. The molecule has 0 aliphatic heterocycles. The number of fused-ring (bicyclic) bond motifs is 1. The number of carbonyl (C=O) groups excluding carboxylic acids is 1. The van der Waals surface area contributed by atoms with E-state index in [0.29, 0.717) is 28.1 Å². The summed E-state index contributed by atoms with van der Waals surface area (Å²) in [6.45, 7) is 1.89. The maximum Gasteiger partial charge on any atom is 0.278 e. The van der Waals surface area contributed by atoms with Crippen molar-refractivity contribution >= 4 is 23.5 Å². The number of rotatable bonds is 2. The third kappa shape index (κ3) is 2.54. The molecule has 3 aromatic rings. The van der Waals surface area contributed by atoms with Crippen molar-refractivity contribution in [3.05, 3.63) is 91.9 Å². The first kappa shape index (κ1) is 16.6. The van der Waals surface area contributed by atoms with E-state index < -0.39 is 0 Å². The van der Waals surface area contributed by atoms with E-state index in [2.05, 4.69) is 0 Å². The molecule has 0 spiro atoms. The topological polar surface area (TPSA) is 44.0 Å². The third-order valence-corrected chi connectivity index (χ3v) is 5.14. The van der Waals surface area contributed by atoms with Gasteiger partial charge >= 0.3 is 0 Å². The Morgan fingerprint density at radius 3 is 2.54 bits per heavy atom. The molecule has 4 nitrogen and oxygen atoms in total. The summed E-state index contributed by atoms with van der Waals surface area (Å²) in [6.07, 6.45) is 2.25. The average molecular weight is 365 g/mol. The number of hydrogen-bond donors (Lipinski definition) is 0. The normalized spacial score (nSPS) is 14.9. The maximum absolute atomic E-state index is 13.0. The molecule has 1 aromatic heterocycles. The number of allylic oxidation sites excluding steroid dienone is 1. The summed E-state index contributed by atoms with van der Waals surface area (Å²) < 4.78 is 3.43. The third-order valence-electron chi connectivity index (χ3n) is 4.91. The van der Waals surface area contributed by atoms with Crippen LogP contribution in [0.3, 0.4) is 0 Å². The van der Waals surface area contributed by atoms with Crippen LogP contribution in [0.1, 0.15) is 27.2 Å². The van der Waals surface area contributed by atoms with Gasteiger partial charge in [0, 0.05) is 35.3 Å². The maximum atomic E-state index is 13.0. The predicted octanol–water partition coefficient (Wildman–Crippen LogP) is 3.96. The number of halogens is 1. The molecule has 0 atom stereocenters. The zero-order chi connectivity index (χ0) is 18.4. The van der Waals surface area contributed by atoms with Gasteiger partial charge in [-0.05, 0) is 42.8 Å². The Hall–Kier alpha value is -2.85. The molecule has 5 heteroatoms. The minimum absolute atomic E-state index is 0.0589. The smallest absolute Gasteiger partial charge is 0.278 e. The van der Waals surface area contributed by atoms with Crippen molar-refractivity contribution in [2.45, 2.75) is 13.3 Å². The van der Waals surface area contributed by atoms with Gasteiger partial charge in [0.2, 0.25) is 0 Å². The van der Waals surface area contributed by atoms with E-state index in [1.807, 2.05) is 55.1 Å². The second-order valence-electron chi connectivity index (χ2n) is 6.45. The number of nitrogens with zero attached hydrogens (tertiary/aromatic N) is 2. The van der Waals surface area contributed by atoms with Gasteiger partial charge in [0.15, 0.2) is 5.78 Å². The molecule has 0 N–H and O–H groups in total. The van der Waals surface area contributed by atoms with Crippen molar-refractivity contribution in [2.75, 3.05) is 0 Å². The summed E-state index contributed by atoms with van der Waals surface area (Å²) in [5.74, 6) is -0.0589. The molecule has 1 aliphatic rings. The first-order chi connectivity index (χ1) is 12.5. The summed E-state index contributed by atoms with van der Waals surface area (Å²) in [5.41, 5.74) is 4.20. The highest BCUT2D eigenvalue weighted by Gasteiger charge is 2.26. The number of aromatic nitrogens is 2. The molecule has 0 saturated heterocycles. The van der Waals surface area contributed by atoms with Crippen molar-refractivity contribution in [3.63, 3.8) is 0 Å². The monoisotopic (exact) mass is 364 g/mol. The predicted molar refractivity (Wildman–Crippen MR) is 103 cm³/mol. The first-order valence-corrected chi connectivity index (χ1v) is 8.73. The summed E-state index contributed by atoms with van der Waals surface area (Å²) in [6, 6.07) is 14.8. The van der Waals surface area contributed by atoms with Crippen LogP contribution >= 0.6 is 11.6 Å². The average Bonchev–Trinajstić information content (AvgIpc) is 3.05. The zero-order valence-electron chi connectivity index (χ0n) is 14.5. The summed E-state index contributed by atoms with van der Waals surface area (Å²) in [4.78, 5) is 25.7. The van der Waals surface area contributed by atoms with Crippen LogP contribution in [0, 0.1) is 6.92 Å². The standard InChI is InChI=1S/C21H17ClN2O2/c1-13-18(21(26)24(23(13)2)17-6-4-3-5-7-17)11-15-10-14-8-9-16(22)12-19(14)20(15)25/h3-9,11-12H,10H2,1-2H3/b15-11+. The Balaban J connectivity index is 1.83. The fraction of sp³-hybridized carbons (Fsp3) is 0.143. The lowest BCUT2D eigenvalue weighted by atomic mass is 10.1.